The van der Waals surface area contributed by atoms with Gasteiger partial charge < -0.3 is 20.6 Å². The summed E-state index contributed by atoms with van der Waals surface area (Å²) >= 11 is 0. The zero-order valence-corrected chi connectivity index (χ0v) is 29.2. The molecule has 0 radical (unpaired) electrons. The number of nitrogens with two attached hydrogens (primary N) is 1. The van der Waals surface area contributed by atoms with Crippen LogP contribution in [0.3, 0.4) is 0 Å². The standard InChI is InChI=1S/C20H24N4O2.C16H19N7O2/c1-3-16-18-19(24(23-16)14-8-4-5-9-14)22-17(12-21-20(18)25)13-7-6-10-15(11-13)26-2;1-2-11-13(14(17)22(20-11)10-6-3-4-7-10)16(24)25-23-15-12(19-21-23)8-5-9-18-15/h6-7,10-11,14H,3-5,8-9,12H2,1-2H3,(H,21,25);5,8-10H,2-4,6-7,17H2,1H3. The van der Waals surface area contributed by atoms with E-state index in [1.54, 1.807) is 30.1 Å². The fraction of sp³-hybridized carbons (Fsp3) is 0.444. The van der Waals surface area contributed by atoms with E-state index in [4.69, 9.17) is 25.4 Å². The number of aliphatic imine (C=N–C) groups is 1. The van der Waals surface area contributed by atoms with Gasteiger partial charge in [-0.05, 0) is 72.8 Å². The number of rotatable bonds is 8. The number of amides is 1. The lowest BCUT2D eigenvalue weighted by molar-refractivity contribution is 0.0405. The molecule has 266 valence electrons. The number of carbonyl (C=O) groups excluding carboxylic acids is 2. The van der Waals surface area contributed by atoms with Crippen LogP contribution in [0.5, 0.6) is 5.75 Å². The maximum atomic E-state index is 12.8. The van der Waals surface area contributed by atoms with E-state index in [1.165, 1.54) is 12.8 Å². The van der Waals surface area contributed by atoms with Crippen LogP contribution in [-0.4, -0.2) is 70.9 Å². The third-order valence-corrected chi connectivity index (χ3v) is 9.83. The number of benzene rings is 1. The van der Waals surface area contributed by atoms with Crippen LogP contribution in [0.4, 0.5) is 11.6 Å². The Morgan fingerprint density at radius 2 is 1.67 bits per heavy atom. The minimum absolute atomic E-state index is 0.0808. The van der Waals surface area contributed by atoms with Gasteiger partial charge in [-0.3, -0.25) is 4.79 Å². The van der Waals surface area contributed by atoms with Crippen LogP contribution in [0.15, 0.2) is 47.6 Å². The molecule has 5 aromatic rings. The van der Waals surface area contributed by atoms with Crippen LogP contribution in [-0.2, 0) is 12.8 Å². The summed E-state index contributed by atoms with van der Waals surface area (Å²) in [6.07, 6.45) is 11.9. The van der Waals surface area contributed by atoms with Crippen molar-refractivity contribution in [3.63, 3.8) is 0 Å². The summed E-state index contributed by atoms with van der Waals surface area (Å²) in [5, 5.41) is 20.1. The SMILES string of the molecule is CCc1nn(C2CCCC2)c(N)c1C(=O)On1nnc2cccnc21.CCc1nn(C2CCCC2)c2c1C(=O)NCC(c1cccc(OC)c1)=N2. The van der Waals surface area contributed by atoms with Crippen LogP contribution < -0.4 is 20.6 Å². The molecule has 3 aliphatic rings. The van der Waals surface area contributed by atoms with E-state index < -0.39 is 5.97 Å². The van der Waals surface area contributed by atoms with E-state index in [2.05, 4.69) is 25.7 Å². The fourth-order valence-electron chi connectivity index (χ4n) is 7.17. The molecular formula is C36H43N11O4. The molecule has 2 aliphatic carbocycles. The average molecular weight is 694 g/mol. The first-order valence-corrected chi connectivity index (χ1v) is 17.8. The molecule has 3 N–H and O–H groups in total. The Morgan fingerprint density at radius 1 is 0.961 bits per heavy atom. The lowest BCUT2D eigenvalue weighted by Crippen LogP contribution is -2.28. The highest BCUT2D eigenvalue weighted by atomic mass is 16.7. The number of hydrogen-bond acceptors (Lipinski definition) is 11. The number of aryl methyl sites for hydroxylation is 2. The van der Waals surface area contributed by atoms with Crippen molar-refractivity contribution in [1.82, 2.24) is 45.0 Å². The van der Waals surface area contributed by atoms with Crippen molar-refractivity contribution in [2.24, 2.45) is 4.99 Å². The number of hydrogen-bond donors (Lipinski definition) is 2. The Morgan fingerprint density at radius 3 is 2.37 bits per heavy atom. The third-order valence-electron chi connectivity index (χ3n) is 9.83. The molecule has 15 heteroatoms. The zero-order valence-electron chi connectivity index (χ0n) is 29.2. The summed E-state index contributed by atoms with van der Waals surface area (Å²) in [7, 11) is 1.65. The van der Waals surface area contributed by atoms with Crippen molar-refractivity contribution in [2.45, 2.75) is 90.1 Å². The molecule has 0 atom stereocenters. The molecule has 0 bridgehead atoms. The maximum Gasteiger partial charge on any atom is 0.371 e. The third kappa shape index (κ3) is 6.67. The second kappa shape index (κ2) is 14.7. The molecule has 2 saturated carbocycles. The van der Waals surface area contributed by atoms with Crippen LogP contribution >= 0.6 is 0 Å². The van der Waals surface area contributed by atoms with E-state index in [1.807, 2.05) is 42.8 Å². The number of aromatic nitrogens is 8. The van der Waals surface area contributed by atoms with Gasteiger partial charge in [0.05, 0.1) is 42.8 Å². The topological polar surface area (TPSA) is 182 Å². The van der Waals surface area contributed by atoms with Gasteiger partial charge in [0.25, 0.3) is 5.91 Å². The Kier molecular flexibility index (Phi) is 9.77. The van der Waals surface area contributed by atoms with Crippen LogP contribution in [0.2, 0.25) is 0 Å². The zero-order chi connectivity index (χ0) is 35.5. The minimum atomic E-state index is -0.601. The molecule has 8 rings (SSSR count). The van der Waals surface area contributed by atoms with E-state index in [0.29, 0.717) is 58.6 Å². The highest BCUT2D eigenvalue weighted by Crippen LogP contribution is 2.37. The molecule has 0 spiro atoms. The van der Waals surface area contributed by atoms with Crippen molar-refractivity contribution >= 4 is 40.4 Å². The molecule has 4 aromatic heterocycles. The molecule has 0 unspecified atom stereocenters. The number of nitrogens with one attached hydrogen (secondary N) is 1. The monoisotopic (exact) mass is 693 g/mol. The number of pyridine rings is 1. The van der Waals surface area contributed by atoms with Gasteiger partial charge in [-0.2, -0.15) is 10.2 Å². The lowest BCUT2D eigenvalue weighted by atomic mass is 10.1. The number of methoxy groups -OCH3 is 1. The molecule has 1 aromatic carbocycles. The number of carbonyl (C=O) groups is 2. The van der Waals surface area contributed by atoms with E-state index in [9.17, 15) is 9.59 Å². The molecular weight excluding hydrogens is 650 g/mol. The van der Waals surface area contributed by atoms with Gasteiger partial charge in [0, 0.05) is 11.8 Å². The van der Waals surface area contributed by atoms with Crippen molar-refractivity contribution in [3.8, 4) is 5.75 Å². The van der Waals surface area contributed by atoms with E-state index in [0.717, 1.165) is 72.5 Å². The van der Waals surface area contributed by atoms with Crippen LogP contribution in [0, 0.1) is 0 Å². The van der Waals surface area contributed by atoms with Gasteiger partial charge in [-0.25, -0.2) is 24.1 Å². The van der Waals surface area contributed by atoms with Crippen LogP contribution in [0.25, 0.3) is 11.2 Å². The second-order valence-corrected chi connectivity index (χ2v) is 13.0. The molecule has 15 nitrogen and oxygen atoms in total. The van der Waals surface area contributed by atoms with Crippen LogP contribution in [0.1, 0.15) is 115 Å². The smallest absolute Gasteiger partial charge is 0.371 e. The number of fused-ring (bicyclic) bond motifs is 2. The number of nitrogens with zero attached hydrogens (tertiary/aromatic N) is 9. The highest BCUT2D eigenvalue weighted by molar-refractivity contribution is 6.10. The average Bonchev–Trinajstić information content (AvgIpc) is 4.00. The summed E-state index contributed by atoms with van der Waals surface area (Å²) in [6.45, 7) is 4.37. The van der Waals surface area contributed by atoms with Gasteiger partial charge in [-0.1, -0.05) is 51.7 Å². The number of ether oxygens (including phenoxy) is 1. The summed E-state index contributed by atoms with van der Waals surface area (Å²) in [5.74, 6) is 1.16. The van der Waals surface area contributed by atoms with Gasteiger partial charge in [0.2, 0.25) is 5.65 Å². The number of nitrogen functional groups attached to an aromatic ring is 1. The molecule has 1 aliphatic heterocycles. The van der Waals surface area contributed by atoms with Crippen molar-refractivity contribution in [3.05, 3.63) is 70.7 Å². The summed E-state index contributed by atoms with van der Waals surface area (Å²) in [6, 6.07) is 11.9. The summed E-state index contributed by atoms with van der Waals surface area (Å²) < 4.78 is 9.12. The van der Waals surface area contributed by atoms with Crippen molar-refractivity contribution in [2.75, 3.05) is 19.4 Å². The van der Waals surface area contributed by atoms with Crippen molar-refractivity contribution < 1.29 is 19.2 Å². The van der Waals surface area contributed by atoms with Gasteiger partial charge in [-0.15, -0.1) is 5.10 Å². The predicted octanol–water partition coefficient (Wildman–Crippen LogP) is 4.98. The lowest BCUT2D eigenvalue weighted by Gasteiger charge is -2.12. The normalized spacial score (nSPS) is 16.3. The molecule has 51 heavy (non-hydrogen) atoms. The first-order valence-electron chi connectivity index (χ1n) is 17.8. The number of anilines is 1. The van der Waals surface area contributed by atoms with E-state index >= 15 is 0 Å². The molecule has 2 fully saturated rings. The van der Waals surface area contributed by atoms with E-state index in [-0.39, 0.29) is 11.9 Å². The largest absolute Gasteiger partial charge is 0.497 e. The first-order chi connectivity index (χ1) is 24.9. The molecule has 5 heterocycles. The summed E-state index contributed by atoms with van der Waals surface area (Å²) in [4.78, 5) is 40.9. The fourth-order valence-corrected chi connectivity index (χ4v) is 7.17. The first kappa shape index (κ1) is 33.9. The Balaban J connectivity index is 0.000000159. The van der Waals surface area contributed by atoms with Gasteiger partial charge >= 0.3 is 5.97 Å². The minimum Gasteiger partial charge on any atom is -0.497 e. The van der Waals surface area contributed by atoms with Crippen molar-refractivity contribution in [1.29, 1.82) is 0 Å². The molecule has 0 saturated heterocycles. The van der Waals surface area contributed by atoms with Gasteiger partial charge in [0.15, 0.2) is 5.82 Å². The quantitative estimate of drug-likeness (QED) is 0.210. The summed E-state index contributed by atoms with van der Waals surface area (Å²) in [5.41, 5.74) is 11.3. The molecule has 1 amide bonds. The Labute approximate surface area is 295 Å². The highest BCUT2D eigenvalue weighted by Gasteiger charge is 2.31. The second-order valence-electron chi connectivity index (χ2n) is 13.0. The predicted molar refractivity (Wildman–Crippen MR) is 190 cm³/mol. The Hall–Kier alpha value is -5.60. The Bertz CT molecular complexity index is 2080. The maximum absolute atomic E-state index is 12.8. The van der Waals surface area contributed by atoms with Gasteiger partial charge in [0.1, 0.15) is 28.2 Å².